The second-order valence-electron chi connectivity index (χ2n) is 12.9. The molecular formula is C38H41ClN4O6S. The molecular weight excluding hydrogens is 676 g/mol. The van der Waals surface area contributed by atoms with Gasteiger partial charge in [0.15, 0.2) is 0 Å². The van der Waals surface area contributed by atoms with Crippen molar-refractivity contribution in [2.24, 2.45) is 0 Å². The maximum absolute atomic E-state index is 14.7. The van der Waals surface area contributed by atoms with Crippen LogP contribution in [-0.2, 0) is 25.7 Å². The summed E-state index contributed by atoms with van der Waals surface area (Å²) in [5.74, 6) is -0.440. The van der Waals surface area contributed by atoms with Crippen LogP contribution in [0.3, 0.4) is 0 Å². The summed E-state index contributed by atoms with van der Waals surface area (Å²) in [5.41, 5.74) is 1.28. The first kappa shape index (κ1) is 36.4. The Balaban J connectivity index is 1.45. The van der Waals surface area contributed by atoms with E-state index >= 15 is 0 Å². The van der Waals surface area contributed by atoms with Gasteiger partial charge in [-0.15, -0.1) is 22.9 Å². The molecule has 0 saturated carbocycles. The molecule has 1 saturated heterocycles. The lowest BCUT2D eigenvalue weighted by atomic mass is 10.1. The van der Waals surface area contributed by atoms with Crippen LogP contribution >= 0.6 is 22.9 Å². The predicted octanol–water partition coefficient (Wildman–Crippen LogP) is 6.93. The third kappa shape index (κ3) is 9.02. The van der Waals surface area contributed by atoms with E-state index in [0.29, 0.717) is 27.6 Å². The highest BCUT2D eigenvalue weighted by Gasteiger charge is 2.43. The lowest BCUT2D eigenvalue weighted by Crippen LogP contribution is -2.63. The second kappa shape index (κ2) is 16.2. The van der Waals surface area contributed by atoms with Gasteiger partial charge in [0.05, 0.1) is 6.54 Å². The van der Waals surface area contributed by atoms with Crippen molar-refractivity contribution in [2.75, 3.05) is 30.4 Å². The number of rotatable bonds is 10. The van der Waals surface area contributed by atoms with E-state index in [2.05, 4.69) is 5.32 Å². The minimum absolute atomic E-state index is 0.0508. The van der Waals surface area contributed by atoms with E-state index in [1.165, 1.54) is 26.0 Å². The molecule has 4 amide bonds. The SMILES string of the molecule is Cc1cc(Oc2ccccc2)ccc1N(C(=O)CCl)[C@H](C(=O)N1CCN(C(=O)OC(C)(C)C)[C@@H](C(=O)NCc2ccccc2)C1)c1cccs1. The Morgan fingerprint density at radius 2 is 1.64 bits per heavy atom. The highest BCUT2D eigenvalue weighted by atomic mass is 35.5. The zero-order valence-corrected chi connectivity index (χ0v) is 30.1. The fourth-order valence-electron chi connectivity index (χ4n) is 5.70. The first-order valence-electron chi connectivity index (χ1n) is 16.3. The van der Waals surface area contributed by atoms with E-state index in [0.717, 1.165) is 5.56 Å². The van der Waals surface area contributed by atoms with Gasteiger partial charge in [-0.3, -0.25) is 24.2 Å². The normalized spacial score (nSPS) is 15.2. The monoisotopic (exact) mass is 716 g/mol. The maximum atomic E-state index is 14.7. The average Bonchev–Trinajstić information content (AvgIpc) is 3.64. The van der Waals surface area contributed by atoms with Crippen LogP contribution < -0.4 is 15.0 Å². The number of alkyl halides is 1. The predicted molar refractivity (Wildman–Crippen MR) is 195 cm³/mol. The Morgan fingerprint density at radius 3 is 2.26 bits per heavy atom. The van der Waals surface area contributed by atoms with Crippen LogP contribution in [0.25, 0.3) is 0 Å². The number of carbonyl (C=O) groups excluding carboxylic acids is 4. The first-order valence-corrected chi connectivity index (χ1v) is 17.7. The minimum atomic E-state index is -1.08. The Kier molecular flexibility index (Phi) is 11.8. The van der Waals surface area contributed by atoms with E-state index in [9.17, 15) is 19.2 Å². The van der Waals surface area contributed by atoms with Crippen molar-refractivity contribution in [1.82, 2.24) is 15.1 Å². The fourth-order valence-corrected chi connectivity index (χ4v) is 6.63. The van der Waals surface area contributed by atoms with Crippen molar-refractivity contribution < 1.29 is 28.7 Å². The van der Waals surface area contributed by atoms with Gasteiger partial charge in [0.25, 0.3) is 5.91 Å². The molecule has 2 atom stereocenters. The average molecular weight is 717 g/mol. The minimum Gasteiger partial charge on any atom is -0.457 e. The third-order valence-corrected chi connectivity index (χ3v) is 9.18. The molecule has 0 unspecified atom stereocenters. The second-order valence-corrected chi connectivity index (χ2v) is 14.1. The topological polar surface area (TPSA) is 108 Å². The molecule has 5 rings (SSSR count). The number of para-hydroxylation sites is 1. The molecule has 12 heteroatoms. The van der Waals surface area contributed by atoms with Crippen LogP contribution in [-0.4, -0.2) is 70.8 Å². The summed E-state index contributed by atoms with van der Waals surface area (Å²) in [7, 11) is 0. The molecule has 4 aromatic rings. The molecule has 10 nitrogen and oxygen atoms in total. The quantitative estimate of drug-likeness (QED) is 0.179. The number of anilines is 1. The summed E-state index contributed by atoms with van der Waals surface area (Å²) in [6.45, 7) is 7.41. The Labute approximate surface area is 301 Å². The summed E-state index contributed by atoms with van der Waals surface area (Å²) < 4.78 is 11.7. The van der Waals surface area contributed by atoms with Gasteiger partial charge in [0, 0.05) is 30.2 Å². The van der Waals surface area contributed by atoms with E-state index in [1.807, 2.05) is 79.0 Å². The van der Waals surface area contributed by atoms with E-state index < -0.39 is 41.5 Å². The van der Waals surface area contributed by atoms with Gasteiger partial charge in [-0.05, 0) is 80.6 Å². The fraction of sp³-hybridized carbons (Fsp3) is 0.316. The number of benzene rings is 3. The molecule has 1 aliphatic heterocycles. The number of thiophene rings is 1. The first-order chi connectivity index (χ1) is 23.9. The highest BCUT2D eigenvalue weighted by Crippen LogP contribution is 2.36. The van der Waals surface area contributed by atoms with Crippen LogP contribution in [0.1, 0.15) is 42.8 Å². The molecule has 1 N–H and O–H groups in total. The standard InChI is InChI=1S/C38H41ClN4O6S/c1-26-22-29(48-28-14-9-6-10-15-28)17-18-30(26)43(33(44)23-39)34(32-16-11-21-50-32)36(46)41-19-20-42(37(47)49-38(2,3)4)31(25-41)35(45)40-24-27-12-7-5-8-13-27/h5-18,21-22,31,34H,19-20,23-25H2,1-4H3,(H,40,45)/t31-,34+/m1/s1. The molecule has 262 valence electrons. The maximum Gasteiger partial charge on any atom is 0.411 e. The number of halogens is 1. The van der Waals surface area contributed by atoms with Crippen molar-refractivity contribution in [3.63, 3.8) is 0 Å². The third-order valence-electron chi connectivity index (χ3n) is 8.03. The van der Waals surface area contributed by atoms with Gasteiger partial charge in [0.2, 0.25) is 11.8 Å². The van der Waals surface area contributed by atoms with E-state index in [1.54, 1.807) is 45.0 Å². The number of nitrogens with zero attached hydrogens (tertiary/aromatic N) is 3. The molecule has 0 bridgehead atoms. The van der Waals surface area contributed by atoms with E-state index in [-0.39, 0.29) is 32.1 Å². The van der Waals surface area contributed by atoms with Gasteiger partial charge in [0.1, 0.15) is 35.1 Å². The van der Waals surface area contributed by atoms with Gasteiger partial charge in [-0.2, -0.15) is 0 Å². The zero-order chi connectivity index (χ0) is 35.8. The molecule has 0 aliphatic carbocycles. The number of hydrogen-bond acceptors (Lipinski definition) is 7. The number of nitrogens with one attached hydrogen (secondary N) is 1. The zero-order valence-electron chi connectivity index (χ0n) is 28.5. The molecule has 1 aromatic heterocycles. The molecule has 1 aliphatic rings. The molecule has 0 radical (unpaired) electrons. The lowest BCUT2D eigenvalue weighted by Gasteiger charge is -2.43. The van der Waals surface area contributed by atoms with Crippen molar-refractivity contribution in [1.29, 1.82) is 0 Å². The Bertz CT molecular complexity index is 1780. The van der Waals surface area contributed by atoms with Gasteiger partial charge in [-0.25, -0.2) is 4.79 Å². The van der Waals surface area contributed by atoms with Crippen LogP contribution in [0.5, 0.6) is 11.5 Å². The van der Waals surface area contributed by atoms with Gasteiger partial charge < -0.3 is 19.7 Å². The van der Waals surface area contributed by atoms with Gasteiger partial charge in [-0.1, -0.05) is 54.6 Å². The molecule has 0 spiro atoms. The molecule has 3 aromatic carbocycles. The van der Waals surface area contributed by atoms with E-state index in [4.69, 9.17) is 21.1 Å². The molecule has 50 heavy (non-hydrogen) atoms. The van der Waals surface area contributed by atoms with Crippen molar-refractivity contribution >= 4 is 52.4 Å². The number of amides is 4. The van der Waals surface area contributed by atoms with Crippen molar-refractivity contribution in [2.45, 2.75) is 51.9 Å². The van der Waals surface area contributed by atoms with Crippen molar-refractivity contribution in [3.05, 3.63) is 112 Å². The summed E-state index contributed by atoms with van der Waals surface area (Å²) in [6, 6.07) is 25.5. The smallest absolute Gasteiger partial charge is 0.411 e. The number of aryl methyl sites for hydroxylation is 1. The van der Waals surface area contributed by atoms with Gasteiger partial charge >= 0.3 is 6.09 Å². The summed E-state index contributed by atoms with van der Waals surface area (Å²) >= 11 is 7.53. The van der Waals surface area contributed by atoms with Crippen LogP contribution in [0.2, 0.25) is 0 Å². The number of carbonyl (C=O) groups is 4. The van der Waals surface area contributed by atoms with Crippen molar-refractivity contribution in [3.8, 4) is 11.5 Å². The Morgan fingerprint density at radius 1 is 0.940 bits per heavy atom. The lowest BCUT2D eigenvalue weighted by molar-refractivity contribution is -0.140. The van der Waals surface area contributed by atoms with Crippen LogP contribution in [0.4, 0.5) is 10.5 Å². The van der Waals surface area contributed by atoms with Crippen LogP contribution in [0.15, 0.2) is 96.4 Å². The largest absolute Gasteiger partial charge is 0.457 e. The number of piperazine rings is 1. The highest BCUT2D eigenvalue weighted by molar-refractivity contribution is 7.10. The number of ether oxygens (including phenoxy) is 2. The Hall–Kier alpha value is -4.87. The summed E-state index contributed by atoms with van der Waals surface area (Å²) in [6.07, 6.45) is -0.647. The number of hydrogen-bond donors (Lipinski definition) is 1. The molecule has 1 fully saturated rings. The molecule has 2 heterocycles. The van der Waals surface area contributed by atoms with Crippen LogP contribution in [0, 0.1) is 6.92 Å². The summed E-state index contributed by atoms with van der Waals surface area (Å²) in [5, 5.41) is 4.76. The summed E-state index contributed by atoms with van der Waals surface area (Å²) in [4.78, 5) is 60.4.